The van der Waals surface area contributed by atoms with Crippen LogP contribution in [0, 0.1) is 10.8 Å². The molecule has 7 aromatic rings. The van der Waals surface area contributed by atoms with Crippen LogP contribution < -0.4 is 4.74 Å². The number of benzene rings is 7. The zero-order valence-corrected chi connectivity index (χ0v) is 58.1. The fraction of sp³-hybridized carbons (Fsp3) is 0.475. The van der Waals surface area contributed by atoms with Gasteiger partial charge in [0.1, 0.15) is 18.0 Å². The second-order valence-corrected chi connectivity index (χ2v) is 31.3. The third-order valence-corrected chi connectivity index (χ3v) is 20.8. The summed E-state index contributed by atoms with van der Waals surface area (Å²) < 4.78 is 15.4. The van der Waals surface area contributed by atoms with E-state index < -0.39 is 89.6 Å². The van der Waals surface area contributed by atoms with Crippen molar-refractivity contribution < 1.29 is 39.5 Å². The summed E-state index contributed by atoms with van der Waals surface area (Å²) in [5, 5.41) is 54.2. The average Bonchev–Trinajstić information content (AvgIpc) is 0.703. The lowest BCUT2D eigenvalue weighted by Gasteiger charge is -2.58. The maximum atomic E-state index is 15.7. The van der Waals surface area contributed by atoms with Crippen LogP contribution in [0.1, 0.15) is 236 Å². The Morgan fingerprint density at radius 3 is 1.13 bits per heavy atom. The second-order valence-electron chi connectivity index (χ2n) is 30.6. The highest BCUT2D eigenvalue weighted by Crippen LogP contribution is 2.63. The van der Waals surface area contributed by atoms with E-state index in [1.165, 1.54) is 0 Å². The van der Waals surface area contributed by atoms with Crippen LogP contribution >= 0.6 is 8.60 Å². The first-order valence-electron chi connectivity index (χ1n) is 32.3. The Morgan fingerprint density at radius 1 is 0.404 bits per heavy atom. The Morgan fingerprint density at radius 2 is 0.775 bits per heavy atom. The summed E-state index contributed by atoms with van der Waals surface area (Å²) in [7, 11) is -3.15. The Bertz CT molecular complexity index is 3390. The summed E-state index contributed by atoms with van der Waals surface area (Å²) in [5.41, 5.74) is 1.31. The van der Waals surface area contributed by atoms with Gasteiger partial charge in [-0.1, -0.05) is 308 Å². The summed E-state index contributed by atoms with van der Waals surface area (Å²) in [4.78, 5) is 23.7. The number of rotatable bonds is 25. The molecule has 480 valence electrons. The molecule has 0 amide bonds. The van der Waals surface area contributed by atoms with Gasteiger partial charge in [-0.05, 0) is 96.4 Å². The molecule has 0 saturated heterocycles. The van der Waals surface area contributed by atoms with Crippen molar-refractivity contribution in [1.29, 1.82) is 0 Å². The average molecular weight is 1230 g/mol. The van der Waals surface area contributed by atoms with E-state index in [0.29, 0.717) is 24.2 Å². The quantitative estimate of drug-likeness (QED) is 0.0311. The minimum atomic E-state index is -3.15. The van der Waals surface area contributed by atoms with Crippen molar-refractivity contribution in [2.45, 2.75) is 213 Å². The molecular weight excluding hydrogens is 1120 g/mol. The highest BCUT2D eigenvalue weighted by molar-refractivity contribution is 7.39. The highest BCUT2D eigenvalue weighted by atomic mass is 31.2. The molecule has 0 aliphatic heterocycles. The largest absolute Gasteiger partial charge is 0.479 e. The van der Waals surface area contributed by atoms with Crippen LogP contribution in [0.5, 0.6) is 5.75 Å². The third-order valence-electron chi connectivity index (χ3n) is 20.4. The molecule has 8 nitrogen and oxygen atoms in total. The molecule has 0 aliphatic rings. The van der Waals surface area contributed by atoms with Crippen LogP contribution in [0.2, 0.25) is 0 Å². The SMILES string of the molecule is CCCCC(CC)(C(OP(O)O)c1c(C(C)(C)C)cc(C(C)(C)C)cc1C(C)(C)C)C(O)C(Oc1ccc(C(C)(C)c2ccccc2)cc1C(C)(C)c1ccccc1)(c1ccc(C(C)(C)c2ccccc2)cc1C(C)(C)c1ccccc1)C(CO)(CO)CO. The van der Waals surface area contributed by atoms with Crippen molar-refractivity contribution in [1.82, 2.24) is 0 Å². The lowest BCUT2D eigenvalue weighted by atomic mass is 9.53. The minimum Gasteiger partial charge on any atom is -0.479 e. The molecule has 4 unspecified atom stereocenters. The number of aliphatic hydroxyl groups excluding tert-OH is 4. The topological polar surface area (TPSA) is 140 Å². The molecule has 6 N–H and O–H groups in total. The van der Waals surface area contributed by atoms with Crippen LogP contribution in [0.3, 0.4) is 0 Å². The fourth-order valence-electron chi connectivity index (χ4n) is 14.0. The van der Waals surface area contributed by atoms with Crippen molar-refractivity contribution in [3.05, 3.63) is 242 Å². The molecule has 9 heteroatoms. The minimum absolute atomic E-state index is 0.169. The van der Waals surface area contributed by atoms with Gasteiger partial charge in [-0.2, -0.15) is 0 Å². The van der Waals surface area contributed by atoms with Gasteiger partial charge in [0.05, 0.1) is 25.2 Å². The van der Waals surface area contributed by atoms with E-state index in [2.05, 4.69) is 222 Å². The van der Waals surface area contributed by atoms with Crippen LogP contribution in [0.25, 0.3) is 0 Å². The third kappa shape index (κ3) is 13.7. The predicted molar refractivity (Wildman–Crippen MR) is 369 cm³/mol. The van der Waals surface area contributed by atoms with E-state index >= 15 is 5.11 Å². The Hall–Kier alpha value is -5.51. The summed E-state index contributed by atoms with van der Waals surface area (Å²) in [6.45, 7) is 38.6. The maximum Gasteiger partial charge on any atom is 0.327 e. The lowest BCUT2D eigenvalue weighted by molar-refractivity contribution is -0.240. The van der Waals surface area contributed by atoms with Crippen LogP contribution in [-0.4, -0.2) is 56.1 Å². The van der Waals surface area contributed by atoms with E-state index in [1.54, 1.807) is 0 Å². The summed E-state index contributed by atoms with van der Waals surface area (Å²) in [6.07, 6.45) is -1.50. The fourth-order valence-corrected chi connectivity index (χ4v) is 14.5. The van der Waals surface area contributed by atoms with Gasteiger partial charge in [0, 0.05) is 38.2 Å². The van der Waals surface area contributed by atoms with Gasteiger partial charge in [-0.15, -0.1) is 0 Å². The number of unbranched alkanes of at least 4 members (excludes halogenated alkanes) is 1. The van der Waals surface area contributed by atoms with Gasteiger partial charge >= 0.3 is 8.60 Å². The summed E-state index contributed by atoms with van der Waals surface area (Å²) >= 11 is 0. The van der Waals surface area contributed by atoms with Crippen LogP contribution in [0.15, 0.2) is 170 Å². The number of aliphatic hydroxyl groups is 4. The molecule has 0 aromatic heterocycles. The van der Waals surface area contributed by atoms with Gasteiger partial charge in [-0.3, -0.25) is 0 Å². The standard InChI is InChI=1S/C80H107O8P/c1-20-22-47-79(21-2,69(88-89(85)86)68-65(72(6,7)8)50-61(71(3,4)5)51-66(68)73(9,10)11)70(84)80(78(52-81,53-82)54-83,62-45-43-59(74(12,13)55-35-27-23-28-36-55)48-63(62)76(16,17)57-39-31-25-32-40-57)87-67-46-44-60(75(14,15)56-37-29-24-30-38-56)49-64(67)77(18,19)58-41-33-26-34-42-58/h23-46,48-51,69-70,81-86H,20-22,47,52-54H2,1-19H3. The summed E-state index contributed by atoms with van der Waals surface area (Å²) in [5.74, 6) is 0.354. The molecule has 0 aliphatic carbocycles. The van der Waals surface area contributed by atoms with Crippen LogP contribution in [-0.2, 0) is 48.0 Å². The number of hydrogen-bond donors (Lipinski definition) is 6. The molecule has 0 saturated carbocycles. The molecule has 0 fully saturated rings. The van der Waals surface area contributed by atoms with E-state index in [1.807, 2.05) is 79.7 Å². The normalized spacial score (nSPS) is 15.3. The van der Waals surface area contributed by atoms with Crippen molar-refractivity contribution in [2.24, 2.45) is 10.8 Å². The number of hydrogen-bond acceptors (Lipinski definition) is 8. The molecule has 0 heterocycles. The number of ether oxygens (including phenoxy) is 1. The molecule has 0 bridgehead atoms. The first-order chi connectivity index (χ1) is 41.5. The first-order valence-corrected chi connectivity index (χ1v) is 33.5. The van der Waals surface area contributed by atoms with Gasteiger partial charge < -0.3 is 39.5 Å². The monoisotopic (exact) mass is 1230 g/mol. The Balaban J connectivity index is 1.81. The van der Waals surface area contributed by atoms with Crippen molar-refractivity contribution in [3.8, 4) is 5.75 Å². The van der Waals surface area contributed by atoms with E-state index in [9.17, 15) is 25.1 Å². The van der Waals surface area contributed by atoms with Crippen molar-refractivity contribution >= 4 is 8.60 Å². The van der Waals surface area contributed by atoms with Gasteiger partial charge in [0.15, 0.2) is 5.60 Å². The molecule has 89 heavy (non-hydrogen) atoms. The molecule has 7 aromatic carbocycles. The molecule has 4 atom stereocenters. The molecule has 7 rings (SSSR count). The zero-order chi connectivity index (χ0) is 66.0. The Labute approximate surface area is 536 Å². The highest BCUT2D eigenvalue weighted by Gasteiger charge is 2.67. The predicted octanol–water partition coefficient (Wildman–Crippen LogP) is 18.0. The van der Waals surface area contributed by atoms with E-state index in [4.69, 9.17) is 9.26 Å². The molecule has 0 spiro atoms. The van der Waals surface area contributed by atoms with Gasteiger partial charge in [0.25, 0.3) is 0 Å². The van der Waals surface area contributed by atoms with Crippen molar-refractivity contribution in [3.63, 3.8) is 0 Å². The Kier molecular flexibility index (Phi) is 21.5. The van der Waals surface area contributed by atoms with Gasteiger partial charge in [0.2, 0.25) is 0 Å². The lowest BCUT2D eigenvalue weighted by Crippen LogP contribution is -2.68. The molecule has 0 radical (unpaired) electrons. The molecular formula is C80H107O8P. The van der Waals surface area contributed by atoms with E-state index in [0.717, 1.165) is 66.8 Å². The first kappa shape index (κ1) is 70.9. The van der Waals surface area contributed by atoms with Crippen LogP contribution in [0.4, 0.5) is 0 Å². The summed E-state index contributed by atoms with van der Waals surface area (Å²) in [6, 6.07) is 58.3. The zero-order valence-electron chi connectivity index (χ0n) is 57.2. The van der Waals surface area contributed by atoms with E-state index in [-0.39, 0.29) is 18.3 Å². The smallest absolute Gasteiger partial charge is 0.327 e. The maximum absolute atomic E-state index is 15.7. The second kappa shape index (κ2) is 27.0. The van der Waals surface area contributed by atoms with Crippen molar-refractivity contribution in [2.75, 3.05) is 19.8 Å². The van der Waals surface area contributed by atoms with Gasteiger partial charge in [-0.25, -0.2) is 0 Å².